The van der Waals surface area contributed by atoms with Crippen molar-refractivity contribution in [3.05, 3.63) is 6.42 Å². The van der Waals surface area contributed by atoms with Crippen LogP contribution in [0.1, 0.15) is 32.1 Å². The van der Waals surface area contributed by atoms with Crippen LogP contribution in [0.2, 0.25) is 0 Å². The topological polar surface area (TPSA) is 18.5 Å². The molecule has 0 aliphatic carbocycles. The Labute approximate surface area is 74.2 Å². The zero-order chi connectivity index (χ0) is 8.65. The first-order valence-electron chi connectivity index (χ1n) is 4.56. The summed E-state index contributed by atoms with van der Waals surface area (Å²) in [6.45, 7) is 1.53. The van der Waals surface area contributed by atoms with Crippen molar-refractivity contribution in [1.82, 2.24) is 0 Å². The van der Waals surface area contributed by atoms with E-state index in [2.05, 4.69) is 5.92 Å². The van der Waals surface area contributed by atoms with Gasteiger partial charge in [0.05, 0.1) is 6.61 Å². The van der Waals surface area contributed by atoms with E-state index < -0.39 is 0 Å². The lowest BCUT2D eigenvalue weighted by atomic mass is 10.2. The maximum atomic E-state index is 6.69. The zero-order valence-corrected chi connectivity index (χ0v) is 7.34. The van der Waals surface area contributed by atoms with Gasteiger partial charge in [0, 0.05) is 13.0 Å². The fraction of sp³-hybridized carbons (Fsp3) is 0.800. The number of hydrogen-bond acceptors (Lipinski definition) is 2. The summed E-state index contributed by atoms with van der Waals surface area (Å²) in [5.74, 6) is 2.33. The van der Waals surface area contributed by atoms with Gasteiger partial charge in [-0.2, -0.15) is 0 Å². The average Bonchev–Trinajstić information content (AvgIpc) is 2.14. The zero-order valence-electron chi connectivity index (χ0n) is 7.34. The Balaban J connectivity index is 1.95. The van der Waals surface area contributed by atoms with Crippen LogP contribution in [0, 0.1) is 12.3 Å². The third-order valence-electron chi connectivity index (χ3n) is 1.89. The minimum absolute atomic E-state index is 0.0180. The van der Waals surface area contributed by atoms with Crippen molar-refractivity contribution >= 4 is 0 Å². The van der Waals surface area contributed by atoms with Crippen LogP contribution in [0.15, 0.2) is 0 Å². The van der Waals surface area contributed by atoms with E-state index in [0.29, 0.717) is 13.0 Å². The van der Waals surface area contributed by atoms with Gasteiger partial charge in [0.1, 0.15) is 0 Å². The van der Waals surface area contributed by atoms with Gasteiger partial charge in [-0.25, -0.2) is 0 Å². The van der Waals surface area contributed by atoms with Gasteiger partial charge < -0.3 is 9.47 Å². The highest BCUT2D eigenvalue weighted by Crippen LogP contribution is 2.13. The maximum absolute atomic E-state index is 6.69. The molecule has 1 unspecified atom stereocenters. The molecule has 1 saturated heterocycles. The summed E-state index contributed by atoms with van der Waals surface area (Å²) in [6, 6.07) is 0. The van der Waals surface area contributed by atoms with Crippen molar-refractivity contribution in [2.75, 3.05) is 13.2 Å². The van der Waals surface area contributed by atoms with Crippen LogP contribution >= 0.6 is 0 Å². The van der Waals surface area contributed by atoms with Crippen molar-refractivity contribution in [2.45, 2.75) is 38.4 Å². The summed E-state index contributed by atoms with van der Waals surface area (Å²) in [4.78, 5) is 0. The number of ether oxygens (including phenoxy) is 2. The van der Waals surface area contributed by atoms with E-state index in [4.69, 9.17) is 15.9 Å². The van der Waals surface area contributed by atoms with Gasteiger partial charge in [-0.15, -0.1) is 0 Å². The molecule has 1 radical (unpaired) electrons. The van der Waals surface area contributed by atoms with E-state index in [-0.39, 0.29) is 6.29 Å². The second kappa shape index (κ2) is 6.05. The van der Waals surface area contributed by atoms with Gasteiger partial charge in [0.25, 0.3) is 0 Å². The lowest BCUT2D eigenvalue weighted by Gasteiger charge is -2.22. The molecule has 1 atom stereocenters. The van der Waals surface area contributed by atoms with Crippen molar-refractivity contribution in [1.29, 1.82) is 0 Å². The lowest BCUT2D eigenvalue weighted by molar-refractivity contribution is -0.162. The summed E-state index contributed by atoms with van der Waals surface area (Å²) in [5.41, 5.74) is 0. The van der Waals surface area contributed by atoms with Gasteiger partial charge in [-0.1, -0.05) is 5.92 Å². The van der Waals surface area contributed by atoms with Crippen LogP contribution in [0.3, 0.4) is 0 Å². The minimum Gasteiger partial charge on any atom is -0.353 e. The summed E-state index contributed by atoms with van der Waals surface area (Å²) in [5, 5.41) is 0. The Hall–Kier alpha value is -0.520. The molecule has 0 spiro atoms. The average molecular weight is 167 g/mol. The molecule has 0 aromatic carbocycles. The van der Waals surface area contributed by atoms with Gasteiger partial charge in [0.2, 0.25) is 0 Å². The predicted octanol–water partition coefficient (Wildman–Crippen LogP) is 1.90. The quantitative estimate of drug-likeness (QED) is 0.470. The molecule has 0 amide bonds. The molecule has 0 aromatic rings. The van der Waals surface area contributed by atoms with Crippen LogP contribution < -0.4 is 0 Å². The Bertz CT molecular complexity index is 142. The molecule has 0 aromatic heterocycles. The van der Waals surface area contributed by atoms with Crippen LogP contribution in [-0.4, -0.2) is 19.5 Å². The summed E-state index contributed by atoms with van der Waals surface area (Å²) in [6.07, 6.45) is 11.7. The van der Waals surface area contributed by atoms with Crippen molar-refractivity contribution in [3.8, 4) is 5.92 Å². The molecule has 0 bridgehead atoms. The van der Waals surface area contributed by atoms with Gasteiger partial charge >= 0.3 is 0 Å². The summed E-state index contributed by atoms with van der Waals surface area (Å²) >= 11 is 0. The maximum Gasteiger partial charge on any atom is 0.157 e. The number of unbranched alkanes of at least 4 members (excludes halogenated alkanes) is 1. The van der Waals surface area contributed by atoms with Crippen molar-refractivity contribution in [3.63, 3.8) is 0 Å². The Kier molecular flexibility index (Phi) is 4.82. The molecule has 67 valence electrons. The summed E-state index contributed by atoms with van der Waals surface area (Å²) < 4.78 is 10.8. The van der Waals surface area contributed by atoms with Gasteiger partial charge in [-0.3, -0.25) is 0 Å². The second-order valence-electron chi connectivity index (χ2n) is 2.95. The standard InChI is InChI=1S/C10H15O2/c1-2-3-5-8-11-10-7-4-6-9-12-10/h10H,3-9H2. The van der Waals surface area contributed by atoms with Crippen LogP contribution in [0.25, 0.3) is 0 Å². The van der Waals surface area contributed by atoms with E-state index in [0.717, 1.165) is 25.9 Å². The molecule has 1 aliphatic heterocycles. The Morgan fingerprint density at radius 2 is 2.42 bits per heavy atom. The van der Waals surface area contributed by atoms with Crippen molar-refractivity contribution < 1.29 is 9.47 Å². The number of hydrogen-bond donors (Lipinski definition) is 0. The lowest BCUT2D eigenvalue weighted by Crippen LogP contribution is -2.22. The Morgan fingerprint density at radius 1 is 1.50 bits per heavy atom. The third-order valence-corrected chi connectivity index (χ3v) is 1.89. The molecular formula is C10H15O2. The molecule has 2 heteroatoms. The Morgan fingerprint density at radius 3 is 3.08 bits per heavy atom. The predicted molar refractivity (Wildman–Crippen MR) is 45.9 cm³/mol. The monoisotopic (exact) mass is 167 g/mol. The van der Waals surface area contributed by atoms with Crippen LogP contribution in [-0.2, 0) is 9.47 Å². The highest BCUT2D eigenvalue weighted by molar-refractivity contribution is 4.74. The van der Waals surface area contributed by atoms with E-state index in [1.165, 1.54) is 6.42 Å². The fourth-order valence-electron chi connectivity index (χ4n) is 1.22. The molecule has 1 rings (SSSR count). The van der Waals surface area contributed by atoms with E-state index in [1.54, 1.807) is 0 Å². The smallest absolute Gasteiger partial charge is 0.157 e. The second-order valence-corrected chi connectivity index (χ2v) is 2.95. The molecular weight excluding hydrogens is 152 g/mol. The molecule has 1 aliphatic rings. The van der Waals surface area contributed by atoms with Crippen LogP contribution in [0.5, 0.6) is 0 Å². The summed E-state index contributed by atoms with van der Waals surface area (Å²) in [7, 11) is 0. The van der Waals surface area contributed by atoms with Gasteiger partial charge in [0.15, 0.2) is 6.29 Å². The highest BCUT2D eigenvalue weighted by atomic mass is 16.7. The molecule has 0 N–H and O–H groups in total. The molecule has 2 nitrogen and oxygen atoms in total. The largest absolute Gasteiger partial charge is 0.353 e. The first-order valence-corrected chi connectivity index (χ1v) is 4.56. The normalized spacial score (nSPS) is 23.4. The van der Waals surface area contributed by atoms with E-state index in [9.17, 15) is 0 Å². The highest BCUT2D eigenvalue weighted by Gasteiger charge is 2.12. The first-order chi connectivity index (χ1) is 5.93. The third kappa shape index (κ3) is 3.75. The minimum atomic E-state index is 0.0180. The molecule has 1 heterocycles. The van der Waals surface area contributed by atoms with E-state index >= 15 is 0 Å². The SMILES string of the molecule is [C]#CCCCOC1CCCCO1. The molecule has 0 saturated carbocycles. The molecule has 12 heavy (non-hydrogen) atoms. The number of rotatable bonds is 4. The first kappa shape index (κ1) is 9.57. The fourth-order valence-corrected chi connectivity index (χ4v) is 1.22. The van der Waals surface area contributed by atoms with Crippen LogP contribution in [0.4, 0.5) is 0 Å². The van der Waals surface area contributed by atoms with Crippen molar-refractivity contribution in [2.24, 2.45) is 0 Å². The van der Waals surface area contributed by atoms with E-state index in [1.807, 2.05) is 0 Å². The molecule has 1 fully saturated rings. The van der Waals surface area contributed by atoms with Gasteiger partial charge in [-0.05, 0) is 32.1 Å².